The van der Waals surface area contributed by atoms with E-state index in [9.17, 15) is 23.1 Å². The number of nitrogens with one attached hydrogen (secondary N) is 1. The maximum Gasteiger partial charge on any atom is 0.416 e. The summed E-state index contributed by atoms with van der Waals surface area (Å²) in [5.41, 5.74) is 0.862. The average Bonchev–Trinajstić information content (AvgIpc) is 3.38. The lowest BCUT2D eigenvalue weighted by molar-refractivity contribution is -0.137. The number of alkyl halides is 3. The first-order valence-corrected chi connectivity index (χ1v) is 11.2. The van der Waals surface area contributed by atoms with E-state index in [0.717, 1.165) is 12.1 Å². The fourth-order valence-electron chi connectivity index (χ4n) is 4.09. The molecule has 0 unspecified atom stereocenters. The zero-order valence-corrected chi connectivity index (χ0v) is 19.5. The van der Waals surface area contributed by atoms with Crippen molar-refractivity contribution >= 4 is 23.4 Å². The minimum absolute atomic E-state index is 0.0932. The molecule has 3 aromatic heterocycles. The number of fused-ring (bicyclic) bond motifs is 1. The normalized spacial score (nSPS) is 15.8. The van der Waals surface area contributed by atoms with Gasteiger partial charge in [-0.05, 0) is 36.4 Å². The number of aliphatic hydroxyl groups excluding tert-OH is 1. The number of rotatable bonds is 3. The zero-order valence-electron chi connectivity index (χ0n) is 19.5. The third kappa shape index (κ3) is 5.09. The number of pyridine rings is 2. The minimum Gasteiger partial charge on any atom is -0.444 e. The van der Waals surface area contributed by atoms with Gasteiger partial charge in [0.05, 0.1) is 35.8 Å². The summed E-state index contributed by atoms with van der Waals surface area (Å²) in [5.74, 6) is 0.905. The Hall–Kier alpha value is -4.45. The van der Waals surface area contributed by atoms with E-state index in [1.807, 2.05) is 0 Å². The van der Waals surface area contributed by atoms with Crippen molar-refractivity contribution in [2.24, 2.45) is 0 Å². The summed E-state index contributed by atoms with van der Waals surface area (Å²) in [6.45, 7) is 0.130. The lowest BCUT2D eigenvalue weighted by atomic mass is 10.1. The van der Waals surface area contributed by atoms with Crippen molar-refractivity contribution in [3.63, 3.8) is 0 Å². The Balaban J connectivity index is 1.50. The van der Waals surface area contributed by atoms with Crippen LogP contribution < -0.4 is 15.1 Å². The SMILES string of the molecule is CN1C[C@@H](O)CN(C(=O)Nc2cc(-c3cnco3)ccn2)c2nc(-c3cccc(C(F)(F)F)c3)ccc21. The van der Waals surface area contributed by atoms with E-state index in [0.29, 0.717) is 17.0 Å². The predicted octanol–water partition coefficient (Wildman–Crippen LogP) is 4.67. The van der Waals surface area contributed by atoms with Gasteiger partial charge >= 0.3 is 12.2 Å². The first-order valence-electron chi connectivity index (χ1n) is 11.2. The third-order valence-electron chi connectivity index (χ3n) is 5.84. The summed E-state index contributed by atoms with van der Waals surface area (Å²) >= 11 is 0. The number of aromatic nitrogens is 3. The molecule has 5 rings (SSSR count). The van der Waals surface area contributed by atoms with Gasteiger partial charge in [-0.25, -0.2) is 19.7 Å². The van der Waals surface area contributed by atoms with Crippen LogP contribution in [0.4, 0.5) is 35.3 Å². The van der Waals surface area contributed by atoms with Gasteiger partial charge in [0.1, 0.15) is 5.82 Å². The van der Waals surface area contributed by atoms with E-state index in [2.05, 4.69) is 20.3 Å². The molecule has 0 aliphatic carbocycles. The number of β-amino-alcohol motifs (C(OH)–C–C–N with tert-alkyl or cyclic N) is 1. The topological polar surface area (TPSA) is 108 Å². The van der Waals surface area contributed by atoms with E-state index in [1.54, 1.807) is 36.2 Å². The highest BCUT2D eigenvalue weighted by molar-refractivity contribution is 6.03. The third-order valence-corrected chi connectivity index (χ3v) is 5.84. The van der Waals surface area contributed by atoms with Gasteiger partial charge in [-0.1, -0.05) is 12.1 Å². The van der Waals surface area contributed by atoms with Crippen molar-refractivity contribution < 1.29 is 27.5 Å². The van der Waals surface area contributed by atoms with Gasteiger partial charge < -0.3 is 14.4 Å². The number of benzene rings is 1. The summed E-state index contributed by atoms with van der Waals surface area (Å²) in [6.07, 6.45) is -1.11. The fraction of sp³-hybridized carbons (Fsp3) is 0.200. The van der Waals surface area contributed by atoms with Crippen LogP contribution in [0.25, 0.3) is 22.6 Å². The van der Waals surface area contributed by atoms with Crippen LogP contribution in [0, 0.1) is 0 Å². The first-order chi connectivity index (χ1) is 17.7. The summed E-state index contributed by atoms with van der Waals surface area (Å²) in [5, 5.41) is 13.2. The molecule has 190 valence electrons. The smallest absolute Gasteiger partial charge is 0.416 e. The number of likely N-dealkylation sites (N-methyl/N-ethyl adjacent to an activating group) is 1. The molecule has 0 saturated heterocycles. The molecule has 1 aromatic carbocycles. The van der Waals surface area contributed by atoms with E-state index < -0.39 is 23.9 Å². The highest BCUT2D eigenvalue weighted by Crippen LogP contribution is 2.35. The summed E-state index contributed by atoms with van der Waals surface area (Å²) < 4.78 is 45.1. The Bertz CT molecular complexity index is 1430. The van der Waals surface area contributed by atoms with E-state index in [4.69, 9.17) is 4.42 Å². The predicted molar refractivity (Wildman–Crippen MR) is 130 cm³/mol. The molecule has 2 amide bonds. The van der Waals surface area contributed by atoms with Crippen molar-refractivity contribution in [3.05, 3.63) is 72.9 Å². The Morgan fingerprint density at radius 2 is 1.97 bits per heavy atom. The molecule has 0 radical (unpaired) electrons. The molecule has 1 atom stereocenters. The minimum atomic E-state index is -4.51. The van der Waals surface area contributed by atoms with Crippen molar-refractivity contribution in [2.75, 3.05) is 35.3 Å². The number of nitrogens with zero attached hydrogens (tertiary/aromatic N) is 5. The highest BCUT2D eigenvalue weighted by Gasteiger charge is 2.32. The number of hydrogen-bond acceptors (Lipinski definition) is 7. The number of carbonyl (C=O) groups excluding carboxylic acids is 1. The fourth-order valence-corrected chi connectivity index (χ4v) is 4.09. The number of anilines is 3. The molecule has 0 saturated carbocycles. The summed E-state index contributed by atoms with van der Waals surface area (Å²) in [7, 11) is 1.73. The number of carbonyl (C=O) groups is 1. The van der Waals surface area contributed by atoms with Crippen LogP contribution in [-0.2, 0) is 6.18 Å². The van der Waals surface area contributed by atoms with Gasteiger partial charge in [0, 0.05) is 30.9 Å². The molecule has 0 spiro atoms. The van der Waals surface area contributed by atoms with Crippen LogP contribution >= 0.6 is 0 Å². The zero-order chi connectivity index (χ0) is 26.2. The lowest BCUT2D eigenvalue weighted by Crippen LogP contribution is -2.41. The van der Waals surface area contributed by atoms with Crippen LogP contribution in [0.15, 0.2) is 71.7 Å². The lowest BCUT2D eigenvalue weighted by Gasteiger charge is -2.24. The Labute approximate surface area is 209 Å². The summed E-state index contributed by atoms with van der Waals surface area (Å²) in [6, 6.07) is 10.7. The monoisotopic (exact) mass is 510 g/mol. The van der Waals surface area contributed by atoms with Crippen LogP contribution in [-0.4, -0.2) is 52.3 Å². The Morgan fingerprint density at radius 3 is 2.73 bits per heavy atom. The molecular weight excluding hydrogens is 489 g/mol. The molecule has 0 fully saturated rings. The molecule has 4 aromatic rings. The molecule has 12 heteroatoms. The van der Waals surface area contributed by atoms with Gasteiger partial charge in [-0.2, -0.15) is 13.2 Å². The van der Waals surface area contributed by atoms with E-state index in [1.165, 1.54) is 35.8 Å². The molecule has 0 bridgehead atoms. The number of hydrogen-bond donors (Lipinski definition) is 2. The first kappa shape index (κ1) is 24.3. The number of aliphatic hydroxyl groups is 1. The molecule has 1 aliphatic rings. The van der Waals surface area contributed by atoms with Crippen LogP contribution in [0.5, 0.6) is 0 Å². The molecular formula is C25H21F3N6O3. The highest BCUT2D eigenvalue weighted by atomic mass is 19.4. The number of oxazole rings is 1. The van der Waals surface area contributed by atoms with Crippen molar-refractivity contribution in [3.8, 4) is 22.6 Å². The van der Waals surface area contributed by atoms with Crippen LogP contribution in [0.3, 0.4) is 0 Å². The molecule has 4 heterocycles. The second-order valence-electron chi connectivity index (χ2n) is 8.49. The maximum absolute atomic E-state index is 13.4. The Kier molecular flexibility index (Phi) is 6.25. The second kappa shape index (κ2) is 9.54. The second-order valence-corrected chi connectivity index (χ2v) is 8.49. The number of halogens is 3. The largest absolute Gasteiger partial charge is 0.444 e. The van der Waals surface area contributed by atoms with Crippen molar-refractivity contribution in [1.29, 1.82) is 0 Å². The van der Waals surface area contributed by atoms with Crippen LogP contribution in [0.2, 0.25) is 0 Å². The average molecular weight is 510 g/mol. The molecule has 2 N–H and O–H groups in total. The van der Waals surface area contributed by atoms with Crippen molar-refractivity contribution in [2.45, 2.75) is 12.3 Å². The molecule has 9 nitrogen and oxygen atoms in total. The van der Waals surface area contributed by atoms with Gasteiger partial charge in [0.15, 0.2) is 18.0 Å². The quantitative estimate of drug-likeness (QED) is 0.413. The van der Waals surface area contributed by atoms with Crippen LogP contribution in [0.1, 0.15) is 5.56 Å². The standard InChI is InChI=1S/C25H21F3N6O3/c1-33-12-18(35)13-34(24(36)32-22-10-16(7-8-30-22)21-11-29-14-37-21)23-20(33)6-5-19(31-23)15-3-2-4-17(9-15)25(26,27)28/h2-11,14,18,35H,12-13H2,1H3,(H,30,32,36)/t18-/m1/s1. The summed E-state index contributed by atoms with van der Waals surface area (Å²) in [4.78, 5) is 29.0. The molecule has 37 heavy (non-hydrogen) atoms. The maximum atomic E-state index is 13.4. The van der Waals surface area contributed by atoms with Crippen molar-refractivity contribution in [1.82, 2.24) is 15.0 Å². The number of amides is 2. The van der Waals surface area contributed by atoms with Gasteiger partial charge in [-0.3, -0.25) is 10.2 Å². The van der Waals surface area contributed by atoms with E-state index >= 15 is 0 Å². The number of urea groups is 1. The van der Waals surface area contributed by atoms with Gasteiger partial charge in [0.2, 0.25) is 0 Å². The molecule has 1 aliphatic heterocycles. The Morgan fingerprint density at radius 1 is 1.14 bits per heavy atom. The van der Waals surface area contributed by atoms with Gasteiger partial charge in [-0.15, -0.1) is 0 Å². The van der Waals surface area contributed by atoms with Gasteiger partial charge in [0.25, 0.3) is 0 Å². The van der Waals surface area contributed by atoms with E-state index in [-0.39, 0.29) is 36.0 Å².